The van der Waals surface area contributed by atoms with Crippen molar-refractivity contribution in [2.45, 2.75) is 71.3 Å². The predicted molar refractivity (Wildman–Crippen MR) is 83.2 cm³/mol. The monoisotopic (exact) mass is 266 g/mol. The van der Waals surface area contributed by atoms with Gasteiger partial charge < -0.3 is 5.73 Å². The van der Waals surface area contributed by atoms with Crippen molar-refractivity contribution in [1.29, 1.82) is 0 Å². The molecule has 0 spiro atoms. The molecule has 2 N–H and O–H groups in total. The van der Waals surface area contributed by atoms with Crippen LogP contribution in [-0.2, 0) is 0 Å². The topological polar surface area (TPSA) is 29.3 Å². The maximum absolute atomic E-state index is 6.22. The smallest absolute Gasteiger partial charge is 0.0334 e. The molecule has 2 rings (SSSR count). The summed E-state index contributed by atoms with van der Waals surface area (Å²) in [5, 5.41) is 0. The Bertz CT molecular complexity index is 276. The summed E-state index contributed by atoms with van der Waals surface area (Å²) < 4.78 is 0. The first kappa shape index (κ1) is 15.3. The fourth-order valence-electron chi connectivity index (χ4n) is 4.43. The second-order valence-corrected chi connectivity index (χ2v) is 7.37. The molecule has 0 amide bonds. The minimum atomic E-state index is 0.354. The third-order valence-corrected chi connectivity index (χ3v) is 6.03. The first-order chi connectivity index (χ1) is 9.11. The summed E-state index contributed by atoms with van der Waals surface area (Å²) in [6.07, 6.45) is 9.62. The van der Waals surface area contributed by atoms with Crippen molar-refractivity contribution in [1.82, 2.24) is 4.90 Å². The fourth-order valence-corrected chi connectivity index (χ4v) is 4.43. The summed E-state index contributed by atoms with van der Waals surface area (Å²) in [6, 6.07) is 0. The molecule has 0 aromatic carbocycles. The van der Waals surface area contributed by atoms with Gasteiger partial charge in [0.25, 0.3) is 0 Å². The van der Waals surface area contributed by atoms with Crippen molar-refractivity contribution in [2.75, 3.05) is 19.6 Å². The van der Waals surface area contributed by atoms with Crippen LogP contribution in [0, 0.1) is 17.8 Å². The van der Waals surface area contributed by atoms with E-state index >= 15 is 0 Å². The Labute approximate surface area is 120 Å². The third kappa shape index (κ3) is 3.33. The first-order valence-corrected chi connectivity index (χ1v) is 8.56. The van der Waals surface area contributed by atoms with Gasteiger partial charge in [-0.25, -0.2) is 0 Å². The van der Waals surface area contributed by atoms with Gasteiger partial charge in [-0.1, -0.05) is 27.2 Å². The molecule has 0 aromatic rings. The van der Waals surface area contributed by atoms with E-state index in [1.807, 2.05) is 0 Å². The zero-order valence-electron chi connectivity index (χ0n) is 13.3. The molecule has 1 saturated heterocycles. The van der Waals surface area contributed by atoms with Crippen molar-refractivity contribution in [2.24, 2.45) is 23.5 Å². The highest BCUT2D eigenvalue weighted by molar-refractivity contribution is 4.99. The lowest BCUT2D eigenvalue weighted by Crippen LogP contribution is -2.52. The molecule has 3 unspecified atom stereocenters. The van der Waals surface area contributed by atoms with E-state index < -0.39 is 0 Å². The lowest BCUT2D eigenvalue weighted by Gasteiger charge is -2.40. The molecule has 112 valence electrons. The van der Waals surface area contributed by atoms with Crippen LogP contribution in [0.4, 0.5) is 0 Å². The molecule has 2 aliphatic rings. The van der Waals surface area contributed by atoms with Gasteiger partial charge in [-0.2, -0.15) is 0 Å². The van der Waals surface area contributed by atoms with Gasteiger partial charge in [-0.3, -0.25) is 4.90 Å². The molecule has 1 saturated carbocycles. The summed E-state index contributed by atoms with van der Waals surface area (Å²) in [4.78, 5) is 2.78. The first-order valence-electron chi connectivity index (χ1n) is 8.56. The number of hydrogen-bond donors (Lipinski definition) is 1. The van der Waals surface area contributed by atoms with E-state index in [1.165, 1.54) is 58.0 Å². The highest BCUT2D eigenvalue weighted by Crippen LogP contribution is 2.41. The van der Waals surface area contributed by atoms with Crippen LogP contribution in [0.25, 0.3) is 0 Å². The number of nitrogens with zero attached hydrogens (tertiary/aromatic N) is 1. The molecule has 2 nitrogen and oxygen atoms in total. The molecule has 2 heteroatoms. The van der Waals surface area contributed by atoms with Gasteiger partial charge >= 0.3 is 0 Å². The van der Waals surface area contributed by atoms with Crippen LogP contribution in [0.5, 0.6) is 0 Å². The molecule has 19 heavy (non-hydrogen) atoms. The highest BCUT2D eigenvalue weighted by atomic mass is 15.2. The van der Waals surface area contributed by atoms with Gasteiger partial charge in [-0.05, 0) is 69.4 Å². The van der Waals surface area contributed by atoms with Crippen LogP contribution in [0.1, 0.15) is 65.7 Å². The third-order valence-electron chi connectivity index (χ3n) is 6.03. The zero-order valence-corrected chi connectivity index (χ0v) is 13.3. The maximum atomic E-state index is 6.22. The minimum Gasteiger partial charge on any atom is -0.329 e. The van der Waals surface area contributed by atoms with Crippen LogP contribution in [0.15, 0.2) is 0 Å². The SMILES string of the molecule is CCC1CCC(CN)(N2CCCC(C(C)C)CC2)C1. The Hall–Kier alpha value is -0.0800. The van der Waals surface area contributed by atoms with Crippen molar-refractivity contribution in [3.05, 3.63) is 0 Å². The Balaban J connectivity index is 2.00. The van der Waals surface area contributed by atoms with Crippen molar-refractivity contribution in [3.8, 4) is 0 Å². The van der Waals surface area contributed by atoms with E-state index in [1.54, 1.807) is 0 Å². The quantitative estimate of drug-likeness (QED) is 0.841. The standard InChI is InChI=1S/C17H34N2/c1-4-15-7-9-17(12-15,13-18)19-10-5-6-16(8-11-19)14(2)3/h14-16H,4-13,18H2,1-3H3. The molecular weight excluding hydrogens is 232 g/mol. The Morgan fingerprint density at radius 2 is 2.00 bits per heavy atom. The normalized spacial score (nSPS) is 37.7. The molecule has 3 atom stereocenters. The summed E-state index contributed by atoms with van der Waals surface area (Å²) >= 11 is 0. The number of nitrogens with two attached hydrogens (primary N) is 1. The molecule has 1 heterocycles. The average Bonchev–Trinajstić information content (AvgIpc) is 2.68. The van der Waals surface area contributed by atoms with Crippen molar-refractivity contribution < 1.29 is 0 Å². The van der Waals surface area contributed by atoms with E-state index in [9.17, 15) is 0 Å². The molecular formula is C17H34N2. The molecule has 1 aliphatic heterocycles. The number of likely N-dealkylation sites (tertiary alicyclic amines) is 1. The van der Waals surface area contributed by atoms with E-state index in [2.05, 4.69) is 25.7 Å². The van der Waals surface area contributed by atoms with Crippen LogP contribution in [0.3, 0.4) is 0 Å². The Kier molecular flexibility index (Phi) is 5.30. The summed E-state index contributed by atoms with van der Waals surface area (Å²) in [5.41, 5.74) is 6.57. The van der Waals surface area contributed by atoms with Gasteiger partial charge in [0, 0.05) is 12.1 Å². The van der Waals surface area contributed by atoms with Crippen molar-refractivity contribution in [3.63, 3.8) is 0 Å². The van der Waals surface area contributed by atoms with Gasteiger partial charge in [0.15, 0.2) is 0 Å². The molecule has 0 radical (unpaired) electrons. The number of rotatable bonds is 4. The second-order valence-electron chi connectivity index (χ2n) is 7.37. The van der Waals surface area contributed by atoms with Crippen molar-refractivity contribution >= 4 is 0 Å². The predicted octanol–water partition coefficient (Wildman–Crippen LogP) is 3.65. The summed E-state index contributed by atoms with van der Waals surface area (Å²) in [6.45, 7) is 10.6. The minimum absolute atomic E-state index is 0.354. The second kappa shape index (κ2) is 6.58. The molecule has 0 aromatic heterocycles. The summed E-state index contributed by atoms with van der Waals surface area (Å²) in [7, 11) is 0. The largest absolute Gasteiger partial charge is 0.329 e. The van der Waals surface area contributed by atoms with E-state index in [0.29, 0.717) is 5.54 Å². The molecule has 0 bridgehead atoms. The lowest BCUT2D eigenvalue weighted by molar-refractivity contribution is 0.0966. The van der Waals surface area contributed by atoms with Gasteiger partial charge in [0.1, 0.15) is 0 Å². The van der Waals surface area contributed by atoms with Crippen LogP contribution >= 0.6 is 0 Å². The Morgan fingerprint density at radius 1 is 1.21 bits per heavy atom. The number of hydrogen-bond acceptors (Lipinski definition) is 2. The van der Waals surface area contributed by atoms with E-state index in [4.69, 9.17) is 5.73 Å². The lowest BCUT2D eigenvalue weighted by atomic mass is 9.89. The fraction of sp³-hybridized carbons (Fsp3) is 1.00. The highest BCUT2D eigenvalue weighted by Gasteiger charge is 2.42. The van der Waals surface area contributed by atoms with E-state index in [0.717, 1.165) is 24.3 Å². The Morgan fingerprint density at radius 3 is 2.58 bits per heavy atom. The van der Waals surface area contributed by atoms with Crippen LogP contribution in [-0.4, -0.2) is 30.1 Å². The van der Waals surface area contributed by atoms with Gasteiger partial charge in [0.2, 0.25) is 0 Å². The molecule has 1 aliphatic carbocycles. The summed E-state index contributed by atoms with van der Waals surface area (Å²) in [5.74, 6) is 2.71. The average molecular weight is 266 g/mol. The maximum Gasteiger partial charge on any atom is 0.0334 e. The van der Waals surface area contributed by atoms with E-state index in [-0.39, 0.29) is 0 Å². The van der Waals surface area contributed by atoms with Crippen LogP contribution in [0.2, 0.25) is 0 Å². The molecule has 2 fully saturated rings. The van der Waals surface area contributed by atoms with Gasteiger partial charge in [-0.15, -0.1) is 0 Å². The van der Waals surface area contributed by atoms with Crippen LogP contribution < -0.4 is 5.73 Å². The van der Waals surface area contributed by atoms with Gasteiger partial charge in [0.05, 0.1) is 0 Å². The zero-order chi connectivity index (χ0) is 13.9.